The number of H-pyrrole nitrogens is 1. The summed E-state index contributed by atoms with van der Waals surface area (Å²) >= 11 is 7.08. The SMILES string of the molecule is C=CCn1c(SCC(=O)c2c(N)n(CC(C)C)c(=O)[nH]c2=O)nnc1-c1ccc(Cl)cc1. The first kappa shape index (κ1) is 23.6. The Kier molecular flexibility index (Phi) is 7.37. The van der Waals surface area contributed by atoms with Crippen LogP contribution in [0, 0.1) is 5.92 Å². The molecule has 3 aromatic rings. The smallest absolute Gasteiger partial charge is 0.329 e. The maximum Gasteiger partial charge on any atom is 0.329 e. The van der Waals surface area contributed by atoms with Crippen molar-refractivity contribution in [3.05, 3.63) is 68.3 Å². The normalized spacial score (nSPS) is 11.1. The lowest BCUT2D eigenvalue weighted by atomic mass is 10.2. The number of thioether (sulfide) groups is 1. The van der Waals surface area contributed by atoms with Crippen LogP contribution in [-0.4, -0.2) is 35.9 Å². The van der Waals surface area contributed by atoms with Crippen molar-refractivity contribution in [1.82, 2.24) is 24.3 Å². The zero-order valence-corrected chi connectivity index (χ0v) is 19.2. The lowest BCUT2D eigenvalue weighted by Gasteiger charge is -2.13. The highest BCUT2D eigenvalue weighted by Crippen LogP contribution is 2.26. The minimum absolute atomic E-state index is 0.0990. The van der Waals surface area contributed by atoms with Crippen LogP contribution in [0.25, 0.3) is 11.4 Å². The van der Waals surface area contributed by atoms with Crippen molar-refractivity contribution in [3.8, 4) is 11.4 Å². The van der Waals surface area contributed by atoms with E-state index in [2.05, 4.69) is 21.8 Å². The molecule has 0 aliphatic heterocycles. The number of hydrogen-bond acceptors (Lipinski definition) is 7. The van der Waals surface area contributed by atoms with E-state index in [1.807, 2.05) is 30.5 Å². The molecule has 3 rings (SSSR count). The molecule has 0 atom stereocenters. The van der Waals surface area contributed by atoms with Gasteiger partial charge in [-0.2, -0.15) is 0 Å². The van der Waals surface area contributed by atoms with Crippen LogP contribution in [0.4, 0.5) is 5.82 Å². The van der Waals surface area contributed by atoms with Crippen LogP contribution in [0.5, 0.6) is 0 Å². The molecule has 0 unspecified atom stereocenters. The van der Waals surface area contributed by atoms with E-state index >= 15 is 0 Å². The predicted octanol–water partition coefficient (Wildman–Crippen LogP) is 2.85. The van der Waals surface area contributed by atoms with Crippen LogP contribution in [0.1, 0.15) is 24.2 Å². The third kappa shape index (κ3) is 5.03. The number of nitrogens with zero attached hydrogens (tertiary/aromatic N) is 4. The van der Waals surface area contributed by atoms with Crippen molar-refractivity contribution < 1.29 is 4.79 Å². The summed E-state index contributed by atoms with van der Waals surface area (Å²) in [5.74, 6) is -0.0514. The average molecular weight is 475 g/mol. The molecule has 11 heteroatoms. The first-order valence-electron chi connectivity index (χ1n) is 9.81. The summed E-state index contributed by atoms with van der Waals surface area (Å²) in [6, 6.07) is 7.15. The van der Waals surface area contributed by atoms with Crippen molar-refractivity contribution in [2.75, 3.05) is 11.5 Å². The minimum Gasteiger partial charge on any atom is -0.384 e. The van der Waals surface area contributed by atoms with Gasteiger partial charge in [0.25, 0.3) is 5.56 Å². The number of ketones is 1. The van der Waals surface area contributed by atoms with Crippen LogP contribution < -0.4 is 17.0 Å². The Morgan fingerprint density at radius 1 is 1.25 bits per heavy atom. The number of rotatable bonds is 9. The fraction of sp³-hybridized carbons (Fsp3) is 0.286. The van der Waals surface area contributed by atoms with Crippen LogP contribution in [-0.2, 0) is 13.1 Å². The molecule has 0 amide bonds. The molecule has 0 aliphatic carbocycles. The number of anilines is 1. The van der Waals surface area contributed by atoms with Gasteiger partial charge in [0.1, 0.15) is 11.4 Å². The Labute approximate surface area is 193 Å². The van der Waals surface area contributed by atoms with Gasteiger partial charge in [-0.05, 0) is 30.2 Å². The Balaban J connectivity index is 1.88. The molecule has 32 heavy (non-hydrogen) atoms. The molecule has 3 N–H and O–H groups in total. The second-order valence-electron chi connectivity index (χ2n) is 7.45. The van der Waals surface area contributed by atoms with E-state index < -0.39 is 17.0 Å². The number of nitrogens with two attached hydrogens (primary N) is 1. The zero-order chi connectivity index (χ0) is 23.4. The highest BCUT2D eigenvalue weighted by atomic mass is 35.5. The number of hydrogen-bond donors (Lipinski definition) is 2. The fourth-order valence-corrected chi connectivity index (χ4v) is 4.05. The molecule has 2 heterocycles. The molecular weight excluding hydrogens is 452 g/mol. The van der Waals surface area contributed by atoms with Crippen LogP contribution in [0.15, 0.2) is 51.7 Å². The van der Waals surface area contributed by atoms with Crippen molar-refractivity contribution >= 4 is 35.0 Å². The number of allylic oxidation sites excluding steroid dienone is 1. The Morgan fingerprint density at radius 3 is 2.56 bits per heavy atom. The standard InChI is InChI=1S/C21H23ClN6O3S/c1-4-9-27-18(13-5-7-14(22)8-6-13)25-26-21(27)32-11-15(29)16-17(23)28(10-12(2)3)20(31)24-19(16)30/h4-8,12H,1,9-11,23H2,2-3H3,(H,24,30,31). The topological polar surface area (TPSA) is 129 Å². The highest BCUT2D eigenvalue weighted by molar-refractivity contribution is 7.99. The Morgan fingerprint density at radius 2 is 1.94 bits per heavy atom. The van der Waals surface area contributed by atoms with E-state index in [1.54, 1.807) is 18.2 Å². The third-order valence-corrected chi connectivity index (χ3v) is 5.75. The number of benzene rings is 1. The fourth-order valence-electron chi connectivity index (χ4n) is 3.11. The first-order chi connectivity index (χ1) is 15.2. The van der Waals surface area contributed by atoms with Gasteiger partial charge >= 0.3 is 5.69 Å². The lowest BCUT2D eigenvalue weighted by molar-refractivity contribution is 0.102. The summed E-state index contributed by atoms with van der Waals surface area (Å²) in [6.07, 6.45) is 1.69. The van der Waals surface area contributed by atoms with E-state index in [-0.39, 0.29) is 29.6 Å². The molecule has 0 aliphatic rings. The summed E-state index contributed by atoms with van der Waals surface area (Å²) in [5.41, 5.74) is 5.17. The number of aromatic amines is 1. The van der Waals surface area contributed by atoms with Gasteiger partial charge < -0.3 is 5.73 Å². The summed E-state index contributed by atoms with van der Waals surface area (Å²) < 4.78 is 3.02. The van der Waals surface area contributed by atoms with Gasteiger partial charge in [0.15, 0.2) is 16.8 Å². The molecule has 0 bridgehead atoms. The van der Waals surface area contributed by atoms with Crippen LogP contribution >= 0.6 is 23.4 Å². The highest BCUT2D eigenvalue weighted by Gasteiger charge is 2.21. The summed E-state index contributed by atoms with van der Waals surface area (Å²) in [7, 11) is 0. The number of nitrogen functional groups attached to an aromatic ring is 1. The quantitative estimate of drug-likeness (QED) is 0.277. The predicted molar refractivity (Wildman–Crippen MR) is 126 cm³/mol. The molecular formula is C21H23ClN6O3S. The Hall–Kier alpha value is -3.11. The minimum atomic E-state index is -0.799. The van der Waals surface area contributed by atoms with E-state index in [9.17, 15) is 14.4 Å². The molecule has 168 valence electrons. The molecule has 2 aromatic heterocycles. The average Bonchev–Trinajstić information content (AvgIpc) is 3.12. The van der Waals surface area contributed by atoms with Crippen LogP contribution in [0.3, 0.4) is 0 Å². The number of Topliss-reactive ketones (excluding diaryl/α,β-unsaturated/α-hetero) is 1. The van der Waals surface area contributed by atoms with Gasteiger partial charge in [-0.3, -0.25) is 23.7 Å². The molecule has 9 nitrogen and oxygen atoms in total. The molecule has 1 aromatic carbocycles. The summed E-state index contributed by atoms with van der Waals surface area (Å²) in [6.45, 7) is 8.27. The monoisotopic (exact) mass is 474 g/mol. The summed E-state index contributed by atoms with van der Waals surface area (Å²) in [5, 5.41) is 9.50. The Bertz CT molecular complexity index is 1260. The second-order valence-corrected chi connectivity index (χ2v) is 8.83. The number of aromatic nitrogens is 5. The second kappa shape index (κ2) is 10.0. The zero-order valence-electron chi connectivity index (χ0n) is 17.7. The molecule has 0 saturated carbocycles. The maximum absolute atomic E-state index is 12.9. The lowest BCUT2D eigenvalue weighted by Crippen LogP contribution is -2.37. The number of nitrogens with one attached hydrogen (secondary N) is 1. The maximum atomic E-state index is 12.9. The number of carbonyl (C=O) groups is 1. The van der Waals surface area contributed by atoms with Crippen molar-refractivity contribution in [2.24, 2.45) is 5.92 Å². The van der Waals surface area contributed by atoms with Gasteiger partial charge in [-0.25, -0.2) is 4.79 Å². The van der Waals surface area contributed by atoms with E-state index in [0.29, 0.717) is 22.5 Å². The van der Waals surface area contributed by atoms with Crippen molar-refractivity contribution in [1.29, 1.82) is 0 Å². The van der Waals surface area contributed by atoms with E-state index in [4.69, 9.17) is 17.3 Å². The third-order valence-electron chi connectivity index (χ3n) is 4.53. The first-order valence-corrected chi connectivity index (χ1v) is 11.2. The molecule has 0 saturated heterocycles. The number of halogens is 1. The van der Waals surface area contributed by atoms with Crippen LogP contribution in [0.2, 0.25) is 5.02 Å². The van der Waals surface area contributed by atoms with Gasteiger partial charge in [-0.15, -0.1) is 16.8 Å². The van der Waals surface area contributed by atoms with E-state index in [0.717, 1.165) is 17.3 Å². The molecule has 0 spiro atoms. The summed E-state index contributed by atoms with van der Waals surface area (Å²) in [4.78, 5) is 39.4. The largest absolute Gasteiger partial charge is 0.384 e. The van der Waals surface area contributed by atoms with E-state index in [1.165, 1.54) is 4.57 Å². The van der Waals surface area contributed by atoms with Gasteiger partial charge in [0.2, 0.25) is 0 Å². The van der Waals surface area contributed by atoms with Gasteiger partial charge in [-0.1, -0.05) is 43.3 Å². The molecule has 0 radical (unpaired) electrons. The van der Waals surface area contributed by atoms with Crippen molar-refractivity contribution in [3.63, 3.8) is 0 Å². The van der Waals surface area contributed by atoms with Crippen molar-refractivity contribution in [2.45, 2.75) is 32.1 Å². The van der Waals surface area contributed by atoms with Gasteiger partial charge in [0.05, 0.1) is 5.75 Å². The molecule has 0 fully saturated rings. The van der Waals surface area contributed by atoms with Gasteiger partial charge in [0, 0.05) is 23.7 Å². The number of carbonyl (C=O) groups excluding carboxylic acids is 1.